The lowest BCUT2D eigenvalue weighted by atomic mass is 10.0. The van der Waals surface area contributed by atoms with Crippen LogP contribution in [0.2, 0.25) is 0 Å². The molecule has 2 aromatic heterocycles. The van der Waals surface area contributed by atoms with Gasteiger partial charge in [-0.3, -0.25) is 14.9 Å². The highest BCUT2D eigenvalue weighted by Crippen LogP contribution is 2.34. The number of carbonyl (C=O) groups is 1. The van der Waals surface area contributed by atoms with Gasteiger partial charge in [-0.25, -0.2) is 19.5 Å². The van der Waals surface area contributed by atoms with Gasteiger partial charge in [-0.05, 0) is 43.5 Å². The maximum atomic E-state index is 13.1. The lowest BCUT2D eigenvalue weighted by molar-refractivity contribution is -0.385. The van der Waals surface area contributed by atoms with E-state index in [-0.39, 0.29) is 11.3 Å². The Balaban J connectivity index is 1.64. The number of nitro groups is 1. The number of nitro benzene ring substituents is 1. The largest absolute Gasteiger partial charge is 0.416 e. The lowest BCUT2D eigenvalue weighted by Crippen LogP contribution is -2.15. The predicted octanol–water partition coefficient (Wildman–Crippen LogP) is 4.48. The van der Waals surface area contributed by atoms with Crippen LogP contribution in [-0.2, 0) is 6.18 Å². The molecule has 0 fully saturated rings. The molecule has 0 saturated heterocycles. The summed E-state index contributed by atoms with van der Waals surface area (Å²) in [6.07, 6.45) is -1.78. The Morgan fingerprint density at radius 3 is 2.66 bits per heavy atom. The number of hydrogen-bond acceptors (Lipinski definition) is 6. The van der Waals surface area contributed by atoms with Crippen molar-refractivity contribution in [1.82, 2.24) is 19.5 Å². The van der Waals surface area contributed by atoms with E-state index in [0.29, 0.717) is 40.2 Å². The molecule has 0 saturated carbocycles. The van der Waals surface area contributed by atoms with Gasteiger partial charge in [0.05, 0.1) is 22.4 Å². The zero-order valence-corrected chi connectivity index (χ0v) is 18.2. The highest BCUT2D eigenvalue weighted by atomic mass is 19.4. The molecule has 4 rings (SSSR count). The van der Waals surface area contributed by atoms with Crippen LogP contribution >= 0.6 is 0 Å². The third kappa shape index (κ3) is 4.93. The fourth-order valence-corrected chi connectivity index (χ4v) is 3.25. The van der Waals surface area contributed by atoms with E-state index in [2.05, 4.69) is 32.2 Å². The normalized spacial score (nSPS) is 11.1. The van der Waals surface area contributed by atoms with Crippen molar-refractivity contribution in [2.75, 3.05) is 5.32 Å². The van der Waals surface area contributed by atoms with Crippen LogP contribution in [0.15, 0.2) is 48.9 Å². The molecule has 0 aliphatic carbocycles. The number of benzene rings is 2. The van der Waals surface area contributed by atoms with Gasteiger partial charge < -0.3 is 5.32 Å². The van der Waals surface area contributed by atoms with E-state index in [0.717, 1.165) is 6.07 Å². The Morgan fingerprint density at radius 1 is 1.17 bits per heavy atom. The molecule has 0 atom stereocenters. The SMILES string of the molecule is Cc1cnc2c(ncn2C#Cc2cccc(C(=O)Nc3cc([N+](=O)[O-])cc(C(F)(F)F)c3)c2C)n1. The molecule has 176 valence electrons. The van der Waals surface area contributed by atoms with Crippen molar-refractivity contribution in [3.05, 3.63) is 87.0 Å². The van der Waals surface area contributed by atoms with E-state index >= 15 is 0 Å². The summed E-state index contributed by atoms with van der Waals surface area (Å²) in [6.45, 7) is 3.41. The summed E-state index contributed by atoms with van der Waals surface area (Å²) in [6, 6.07) is 9.48. The fourth-order valence-electron chi connectivity index (χ4n) is 3.25. The van der Waals surface area contributed by atoms with Gasteiger partial charge >= 0.3 is 6.18 Å². The second-order valence-electron chi connectivity index (χ2n) is 7.47. The van der Waals surface area contributed by atoms with Crippen molar-refractivity contribution >= 4 is 28.6 Å². The van der Waals surface area contributed by atoms with Gasteiger partial charge in [0.15, 0.2) is 11.3 Å². The molecule has 0 aliphatic rings. The molecular weight excluding hydrogens is 465 g/mol. The second kappa shape index (κ2) is 8.86. The number of fused-ring (bicyclic) bond motifs is 1. The summed E-state index contributed by atoms with van der Waals surface area (Å²) in [5.41, 5.74) is 0.284. The standard InChI is InChI=1S/C23H15F3N6O3/c1-13-11-27-21-20(29-13)28-12-31(21)7-6-15-4-3-5-19(14(15)2)22(33)30-17-8-16(23(24,25)26)9-18(10-17)32(34)35/h3-5,8-12H,1-2H3,(H,30,33). The topological polar surface area (TPSA) is 116 Å². The minimum Gasteiger partial charge on any atom is -0.322 e. The van der Waals surface area contributed by atoms with Crippen LogP contribution < -0.4 is 5.32 Å². The number of imidazole rings is 1. The first-order chi connectivity index (χ1) is 16.5. The number of carbonyl (C=O) groups excluding carboxylic acids is 1. The Morgan fingerprint density at radius 2 is 1.94 bits per heavy atom. The number of hydrogen-bond donors (Lipinski definition) is 1. The molecule has 0 spiro atoms. The number of alkyl halides is 3. The van der Waals surface area contributed by atoms with Crippen molar-refractivity contribution in [1.29, 1.82) is 0 Å². The van der Waals surface area contributed by atoms with Gasteiger partial charge in [0.1, 0.15) is 6.33 Å². The Kier molecular flexibility index (Phi) is 5.92. The molecule has 2 heterocycles. The van der Waals surface area contributed by atoms with E-state index in [1.807, 2.05) is 0 Å². The minimum atomic E-state index is -4.82. The number of amides is 1. The molecule has 9 nitrogen and oxygen atoms in total. The molecule has 0 bridgehead atoms. The number of rotatable bonds is 3. The van der Waals surface area contributed by atoms with Crippen LogP contribution in [0.3, 0.4) is 0 Å². The highest BCUT2D eigenvalue weighted by molar-refractivity contribution is 6.05. The number of halogens is 3. The third-order valence-corrected chi connectivity index (χ3v) is 4.98. The molecule has 0 radical (unpaired) electrons. The number of aromatic nitrogens is 4. The van der Waals surface area contributed by atoms with E-state index in [4.69, 9.17) is 0 Å². The molecular formula is C23H15F3N6O3. The van der Waals surface area contributed by atoms with E-state index in [1.165, 1.54) is 17.0 Å². The summed E-state index contributed by atoms with van der Waals surface area (Å²) < 4.78 is 40.9. The molecule has 0 unspecified atom stereocenters. The minimum absolute atomic E-state index is 0.141. The van der Waals surface area contributed by atoms with E-state index in [9.17, 15) is 28.1 Å². The van der Waals surface area contributed by atoms with E-state index < -0.39 is 28.3 Å². The van der Waals surface area contributed by atoms with Crippen molar-refractivity contribution in [3.63, 3.8) is 0 Å². The average molecular weight is 480 g/mol. The van der Waals surface area contributed by atoms with Crippen LogP contribution in [0.5, 0.6) is 0 Å². The van der Waals surface area contributed by atoms with Gasteiger partial charge in [0.2, 0.25) is 0 Å². The quantitative estimate of drug-likeness (QED) is 0.263. The third-order valence-electron chi connectivity index (χ3n) is 4.98. The molecule has 12 heteroatoms. The van der Waals surface area contributed by atoms with Crippen molar-refractivity contribution in [2.24, 2.45) is 0 Å². The molecule has 1 N–H and O–H groups in total. The number of aryl methyl sites for hydroxylation is 1. The van der Waals surface area contributed by atoms with Crippen molar-refractivity contribution in [3.8, 4) is 12.0 Å². The van der Waals surface area contributed by atoms with Crippen molar-refractivity contribution in [2.45, 2.75) is 20.0 Å². The molecule has 1 amide bonds. The predicted molar refractivity (Wildman–Crippen MR) is 120 cm³/mol. The molecule has 0 aliphatic heterocycles. The monoisotopic (exact) mass is 480 g/mol. The summed E-state index contributed by atoms with van der Waals surface area (Å²) in [4.78, 5) is 35.6. The van der Waals surface area contributed by atoms with Gasteiger partial charge in [0.25, 0.3) is 11.6 Å². The first-order valence-corrected chi connectivity index (χ1v) is 9.99. The van der Waals surface area contributed by atoms with Crippen LogP contribution in [0.25, 0.3) is 11.3 Å². The molecule has 2 aromatic carbocycles. The first-order valence-electron chi connectivity index (χ1n) is 9.99. The van der Waals surface area contributed by atoms with Crippen LogP contribution in [0, 0.1) is 35.9 Å². The summed E-state index contributed by atoms with van der Waals surface area (Å²) in [5.74, 6) is 2.18. The van der Waals surface area contributed by atoms with Crippen LogP contribution in [-0.4, -0.2) is 30.3 Å². The first kappa shape index (κ1) is 23.4. The maximum absolute atomic E-state index is 13.1. The number of nitrogens with one attached hydrogen (secondary N) is 1. The Bertz CT molecular complexity index is 1550. The number of anilines is 1. The number of nitrogens with zero attached hydrogens (tertiary/aromatic N) is 5. The summed E-state index contributed by atoms with van der Waals surface area (Å²) in [5, 5.41) is 13.4. The fraction of sp³-hybridized carbons (Fsp3) is 0.130. The van der Waals surface area contributed by atoms with Gasteiger partial charge in [-0.1, -0.05) is 6.07 Å². The van der Waals surface area contributed by atoms with Gasteiger partial charge in [-0.2, -0.15) is 13.2 Å². The zero-order valence-electron chi connectivity index (χ0n) is 18.2. The highest BCUT2D eigenvalue weighted by Gasteiger charge is 2.33. The van der Waals surface area contributed by atoms with Crippen molar-refractivity contribution < 1.29 is 22.9 Å². The lowest BCUT2D eigenvalue weighted by Gasteiger charge is -2.12. The molecule has 35 heavy (non-hydrogen) atoms. The Hall–Kier alpha value is -4.79. The maximum Gasteiger partial charge on any atom is 0.416 e. The molecule has 4 aromatic rings. The summed E-state index contributed by atoms with van der Waals surface area (Å²) >= 11 is 0. The van der Waals surface area contributed by atoms with Gasteiger partial charge in [0, 0.05) is 35.0 Å². The number of non-ortho nitro benzene ring substituents is 1. The second-order valence-corrected chi connectivity index (χ2v) is 7.47. The van der Waals surface area contributed by atoms with Crippen LogP contribution in [0.1, 0.15) is 32.7 Å². The average Bonchev–Trinajstić information content (AvgIpc) is 3.19. The zero-order chi connectivity index (χ0) is 25.3. The van der Waals surface area contributed by atoms with Gasteiger partial charge in [-0.15, -0.1) is 0 Å². The summed E-state index contributed by atoms with van der Waals surface area (Å²) in [7, 11) is 0. The van der Waals surface area contributed by atoms with E-state index in [1.54, 1.807) is 32.2 Å². The van der Waals surface area contributed by atoms with Crippen LogP contribution in [0.4, 0.5) is 24.5 Å². The Labute approximate surface area is 195 Å². The smallest absolute Gasteiger partial charge is 0.322 e.